The average Bonchev–Trinajstić information content (AvgIpc) is 3.22. The fourth-order valence-electron chi connectivity index (χ4n) is 3.10. The Kier molecular flexibility index (Phi) is 5.55. The SMILES string of the molecule is COc1ccc(S(=O)(=O)NC2=NCN(Cc3ccc4c(c3)OCO4)CN2)cc1OC. The zero-order valence-electron chi connectivity index (χ0n) is 16.5. The Morgan fingerprint density at radius 3 is 2.63 bits per heavy atom. The molecule has 0 atom stereocenters. The van der Waals surface area contributed by atoms with Gasteiger partial charge in [-0.15, -0.1) is 0 Å². The number of ether oxygens (including phenoxy) is 4. The lowest BCUT2D eigenvalue weighted by atomic mass is 10.2. The highest BCUT2D eigenvalue weighted by atomic mass is 32.2. The van der Waals surface area contributed by atoms with Crippen molar-refractivity contribution in [3.05, 3.63) is 42.0 Å². The Balaban J connectivity index is 1.39. The predicted molar refractivity (Wildman–Crippen MR) is 108 cm³/mol. The number of methoxy groups -OCH3 is 2. The topological polar surface area (TPSA) is 111 Å². The fraction of sp³-hybridized carbons (Fsp3) is 0.316. The van der Waals surface area contributed by atoms with E-state index in [0.29, 0.717) is 31.4 Å². The van der Waals surface area contributed by atoms with Crippen molar-refractivity contribution >= 4 is 16.0 Å². The van der Waals surface area contributed by atoms with E-state index in [4.69, 9.17) is 18.9 Å². The van der Waals surface area contributed by atoms with Gasteiger partial charge < -0.3 is 24.3 Å². The van der Waals surface area contributed by atoms with Gasteiger partial charge in [0.2, 0.25) is 12.8 Å². The van der Waals surface area contributed by atoms with Gasteiger partial charge in [0.05, 0.1) is 32.5 Å². The Bertz CT molecular complexity index is 1070. The van der Waals surface area contributed by atoms with Crippen LogP contribution in [0.4, 0.5) is 0 Å². The molecule has 30 heavy (non-hydrogen) atoms. The minimum atomic E-state index is -3.83. The van der Waals surface area contributed by atoms with E-state index < -0.39 is 10.0 Å². The number of benzene rings is 2. The van der Waals surface area contributed by atoms with Crippen LogP contribution in [0.2, 0.25) is 0 Å². The van der Waals surface area contributed by atoms with Crippen molar-refractivity contribution in [3.8, 4) is 23.0 Å². The Morgan fingerprint density at radius 1 is 1.10 bits per heavy atom. The molecule has 160 valence electrons. The van der Waals surface area contributed by atoms with E-state index in [0.717, 1.165) is 17.1 Å². The summed E-state index contributed by atoms with van der Waals surface area (Å²) in [4.78, 5) is 6.36. The first-order valence-corrected chi connectivity index (χ1v) is 10.6. The van der Waals surface area contributed by atoms with Gasteiger partial charge in [-0.3, -0.25) is 4.90 Å². The molecule has 11 heteroatoms. The van der Waals surface area contributed by atoms with Gasteiger partial charge in [-0.05, 0) is 29.8 Å². The molecule has 0 amide bonds. The average molecular weight is 434 g/mol. The van der Waals surface area contributed by atoms with E-state index in [2.05, 4.69) is 15.0 Å². The largest absolute Gasteiger partial charge is 0.493 e. The number of hydrogen-bond donors (Lipinski definition) is 2. The van der Waals surface area contributed by atoms with Crippen LogP contribution in [0.3, 0.4) is 0 Å². The van der Waals surface area contributed by atoms with Crippen LogP contribution in [-0.4, -0.2) is 53.6 Å². The van der Waals surface area contributed by atoms with Gasteiger partial charge in [-0.1, -0.05) is 6.07 Å². The standard InChI is InChI=1S/C19H22N4O6S/c1-26-15-6-4-14(8-17(15)27-2)30(24,25)22-19-20-10-23(11-21-19)9-13-3-5-16-18(7-13)29-12-28-16/h3-8H,9-12H2,1-2H3,(H2,20,21,22). The smallest absolute Gasteiger partial charge is 0.264 e. The highest BCUT2D eigenvalue weighted by molar-refractivity contribution is 7.90. The van der Waals surface area contributed by atoms with E-state index in [1.54, 1.807) is 0 Å². The lowest BCUT2D eigenvalue weighted by molar-refractivity contribution is 0.174. The number of sulfonamides is 1. The van der Waals surface area contributed by atoms with E-state index in [1.807, 2.05) is 23.1 Å². The molecule has 2 aliphatic rings. The molecule has 2 heterocycles. The second kappa shape index (κ2) is 8.28. The van der Waals surface area contributed by atoms with E-state index in [1.165, 1.54) is 32.4 Å². The van der Waals surface area contributed by atoms with Crippen LogP contribution in [0, 0.1) is 0 Å². The molecule has 0 aromatic heterocycles. The van der Waals surface area contributed by atoms with E-state index in [-0.39, 0.29) is 17.6 Å². The third-order valence-electron chi connectivity index (χ3n) is 4.64. The summed E-state index contributed by atoms with van der Waals surface area (Å²) in [5.74, 6) is 2.43. The molecule has 0 spiro atoms. The summed E-state index contributed by atoms with van der Waals surface area (Å²) in [6.45, 7) is 1.63. The van der Waals surface area contributed by atoms with Crippen LogP contribution >= 0.6 is 0 Å². The summed E-state index contributed by atoms with van der Waals surface area (Å²) < 4.78 is 48.9. The quantitative estimate of drug-likeness (QED) is 0.695. The van der Waals surface area contributed by atoms with Crippen LogP contribution in [-0.2, 0) is 16.6 Å². The molecular weight excluding hydrogens is 412 g/mol. The van der Waals surface area contributed by atoms with Crippen LogP contribution in [0.1, 0.15) is 5.56 Å². The molecule has 4 rings (SSSR count). The molecule has 0 saturated carbocycles. The summed E-state index contributed by atoms with van der Waals surface area (Å²) in [6.07, 6.45) is 0. The summed E-state index contributed by atoms with van der Waals surface area (Å²) in [5.41, 5.74) is 1.05. The second-order valence-electron chi connectivity index (χ2n) is 6.62. The highest BCUT2D eigenvalue weighted by Crippen LogP contribution is 2.33. The lowest BCUT2D eigenvalue weighted by Gasteiger charge is -2.27. The first-order valence-electron chi connectivity index (χ1n) is 9.12. The number of guanidine groups is 1. The van der Waals surface area contributed by atoms with Crippen LogP contribution in [0.15, 0.2) is 46.3 Å². The maximum Gasteiger partial charge on any atom is 0.264 e. The third-order valence-corrected chi connectivity index (χ3v) is 5.98. The van der Waals surface area contributed by atoms with Gasteiger partial charge >= 0.3 is 0 Å². The maximum atomic E-state index is 12.7. The van der Waals surface area contributed by atoms with Crippen molar-refractivity contribution in [1.82, 2.24) is 14.9 Å². The molecule has 0 bridgehead atoms. The summed E-state index contributed by atoms with van der Waals surface area (Å²) in [6, 6.07) is 10.2. The van der Waals surface area contributed by atoms with Crippen molar-refractivity contribution in [3.63, 3.8) is 0 Å². The highest BCUT2D eigenvalue weighted by Gasteiger charge is 2.22. The van der Waals surface area contributed by atoms with E-state index >= 15 is 0 Å². The van der Waals surface area contributed by atoms with Crippen LogP contribution < -0.4 is 29.0 Å². The monoisotopic (exact) mass is 434 g/mol. The Hall–Kier alpha value is -3.18. The number of aliphatic imine (C=N–C) groups is 1. The summed E-state index contributed by atoms with van der Waals surface area (Å²) in [7, 11) is -0.894. The molecule has 2 N–H and O–H groups in total. The molecule has 0 saturated heterocycles. The number of fused-ring (bicyclic) bond motifs is 1. The van der Waals surface area contributed by atoms with Gasteiger partial charge in [-0.25, -0.2) is 18.1 Å². The zero-order valence-corrected chi connectivity index (χ0v) is 17.4. The third kappa shape index (κ3) is 4.21. The van der Waals surface area contributed by atoms with Crippen molar-refractivity contribution in [2.75, 3.05) is 34.3 Å². The number of rotatable bonds is 6. The first kappa shape index (κ1) is 20.1. The van der Waals surface area contributed by atoms with Crippen LogP contribution in [0.25, 0.3) is 0 Å². The second-order valence-corrected chi connectivity index (χ2v) is 8.30. The zero-order chi connectivity index (χ0) is 21.1. The molecule has 0 radical (unpaired) electrons. The van der Waals surface area contributed by atoms with Gasteiger partial charge in [0.15, 0.2) is 23.0 Å². The summed E-state index contributed by atoms with van der Waals surface area (Å²) >= 11 is 0. The molecule has 0 aliphatic carbocycles. The minimum absolute atomic E-state index is 0.0486. The Morgan fingerprint density at radius 2 is 1.90 bits per heavy atom. The van der Waals surface area contributed by atoms with Crippen molar-refractivity contribution in [1.29, 1.82) is 0 Å². The number of nitrogens with one attached hydrogen (secondary N) is 2. The van der Waals surface area contributed by atoms with Gasteiger partial charge in [0.1, 0.15) is 0 Å². The maximum absolute atomic E-state index is 12.7. The fourth-order valence-corrected chi connectivity index (χ4v) is 4.12. The van der Waals surface area contributed by atoms with Crippen LogP contribution in [0.5, 0.6) is 23.0 Å². The molecule has 2 aliphatic heterocycles. The normalized spacial score (nSPS) is 15.9. The van der Waals surface area contributed by atoms with Gasteiger partial charge in [0, 0.05) is 12.6 Å². The number of hydrogen-bond acceptors (Lipinski definition) is 9. The van der Waals surface area contributed by atoms with Gasteiger partial charge in [-0.2, -0.15) is 0 Å². The number of nitrogens with zero attached hydrogens (tertiary/aromatic N) is 2. The first-order chi connectivity index (χ1) is 14.5. The van der Waals surface area contributed by atoms with E-state index in [9.17, 15) is 8.42 Å². The molecule has 2 aromatic carbocycles. The van der Waals surface area contributed by atoms with Crippen molar-refractivity contribution in [2.45, 2.75) is 11.4 Å². The van der Waals surface area contributed by atoms with Crippen molar-refractivity contribution in [2.24, 2.45) is 4.99 Å². The van der Waals surface area contributed by atoms with Gasteiger partial charge in [0.25, 0.3) is 10.0 Å². The molecule has 10 nitrogen and oxygen atoms in total. The molecular formula is C19H22N4O6S. The van der Waals surface area contributed by atoms with Crippen molar-refractivity contribution < 1.29 is 27.4 Å². The molecule has 0 fully saturated rings. The predicted octanol–water partition coefficient (Wildman–Crippen LogP) is 1.09. The molecule has 2 aromatic rings. The Labute approximate surface area is 174 Å². The molecule has 0 unspecified atom stereocenters. The lowest BCUT2D eigenvalue weighted by Crippen LogP contribution is -2.49. The minimum Gasteiger partial charge on any atom is -0.493 e. The summed E-state index contributed by atoms with van der Waals surface area (Å²) in [5, 5.41) is 2.99.